The molecular weight excluding hydrogens is 366 g/mol. The van der Waals surface area contributed by atoms with Gasteiger partial charge in [-0.15, -0.1) is 0 Å². The van der Waals surface area contributed by atoms with Crippen LogP contribution in [0.15, 0.2) is 54.7 Å². The normalized spacial score (nSPS) is 16.2. The molecule has 2 aromatic rings. The van der Waals surface area contributed by atoms with Crippen LogP contribution >= 0.6 is 0 Å². The molecule has 1 aromatic heterocycles. The van der Waals surface area contributed by atoms with E-state index in [1.165, 1.54) is 0 Å². The van der Waals surface area contributed by atoms with Crippen molar-refractivity contribution in [3.63, 3.8) is 0 Å². The number of carbonyl (C=O) groups excluding carboxylic acids is 2. The number of benzene rings is 1. The van der Waals surface area contributed by atoms with Crippen LogP contribution in [0.5, 0.6) is 0 Å². The Balaban J connectivity index is 1.39. The van der Waals surface area contributed by atoms with Gasteiger partial charge in [0.25, 0.3) is 0 Å². The lowest BCUT2D eigenvalue weighted by molar-refractivity contribution is -0.131. The van der Waals surface area contributed by atoms with Crippen molar-refractivity contribution in [1.82, 2.24) is 15.2 Å². The SMILES string of the molecule is CC(C(=O)NCCC(=O)N1CCN(c2ccccn2)CC1)C(N)c1ccccc1. The third kappa shape index (κ3) is 5.54. The molecule has 0 bridgehead atoms. The Kier molecular flexibility index (Phi) is 7.19. The maximum atomic E-state index is 12.5. The number of hydrogen-bond donors (Lipinski definition) is 2. The topological polar surface area (TPSA) is 91.6 Å². The highest BCUT2D eigenvalue weighted by molar-refractivity contribution is 5.81. The molecule has 0 aliphatic carbocycles. The first-order chi connectivity index (χ1) is 14.1. The van der Waals surface area contributed by atoms with Crippen molar-refractivity contribution in [2.45, 2.75) is 19.4 Å². The first-order valence-corrected chi connectivity index (χ1v) is 10.1. The minimum atomic E-state index is -0.369. The van der Waals surface area contributed by atoms with E-state index in [4.69, 9.17) is 5.73 Å². The number of amides is 2. The number of nitrogens with zero attached hydrogens (tertiary/aromatic N) is 3. The van der Waals surface area contributed by atoms with Gasteiger partial charge in [-0.05, 0) is 17.7 Å². The first kappa shape index (κ1) is 20.8. The monoisotopic (exact) mass is 395 g/mol. The largest absolute Gasteiger partial charge is 0.355 e. The zero-order valence-corrected chi connectivity index (χ0v) is 16.8. The number of nitrogens with one attached hydrogen (secondary N) is 1. The van der Waals surface area contributed by atoms with Crippen molar-refractivity contribution in [3.8, 4) is 0 Å². The highest BCUT2D eigenvalue weighted by atomic mass is 16.2. The van der Waals surface area contributed by atoms with Gasteiger partial charge in [0, 0.05) is 51.4 Å². The van der Waals surface area contributed by atoms with Crippen LogP contribution in [0, 0.1) is 5.92 Å². The van der Waals surface area contributed by atoms with Gasteiger partial charge in [-0.1, -0.05) is 43.3 Å². The summed E-state index contributed by atoms with van der Waals surface area (Å²) in [5, 5.41) is 2.85. The van der Waals surface area contributed by atoms with Crippen molar-refractivity contribution >= 4 is 17.6 Å². The molecule has 2 heterocycles. The number of piperazine rings is 1. The standard InChI is InChI=1S/C22H29N5O2/c1-17(21(23)18-7-3-2-4-8-18)22(29)25-12-10-20(28)27-15-13-26(14-16-27)19-9-5-6-11-24-19/h2-9,11,17,21H,10,12-16,23H2,1H3,(H,25,29). The van der Waals surface area contributed by atoms with E-state index in [1.807, 2.05) is 60.4 Å². The number of carbonyl (C=O) groups is 2. The summed E-state index contributed by atoms with van der Waals surface area (Å²) in [6.07, 6.45) is 2.07. The van der Waals surface area contributed by atoms with Crippen LogP contribution in [0.1, 0.15) is 24.9 Å². The van der Waals surface area contributed by atoms with Gasteiger partial charge in [0.15, 0.2) is 0 Å². The molecule has 1 saturated heterocycles. The van der Waals surface area contributed by atoms with Crippen LogP contribution in [0.3, 0.4) is 0 Å². The minimum Gasteiger partial charge on any atom is -0.355 e. The fourth-order valence-corrected chi connectivity index (χ4v) is 3.46. The molecule has 0 saturated carbocycles. The lowest BCUT2D eigenvalue weighted by atomic mass is 9.95. The van der Waals surface area contributed by atoms with Gasteiger partial charge in [0.1, 0.15) is 5.82 Å². The van der Waals surface area contributed by atoms with E-state index in [9.17, 15) is 9.59 Å². The van der Waals surface area contributed by atoms with E-state index in [-0.39, 0.29) is 23.8 Å². The van der Waals surface area contributed by atoms with Gasteiger partial charge in [-0.3, -0.25) is 9.59 Å². The summed E-state index contributed by atoms with van der Waals surface area (Å²) in [5.41, 5.74) is 7.13. The Labute approximate surface area is 171 Å². The number of hydrogen-bond acceptors (Lipinski definition) is 5. The zero-order valence-electron chi connectivity index (χ0n) is 16.8. The predicted octanol–water partition coefficient (Wildman–Crippen LogP) is 1.57. The summed E-state index contributed by atoms with van der Waals surface area (Å²) in [6, 6.07) is 15.0. The molecule has 3 rings (SSSR count). The second-order valence-corrected chi connectivity index (χ2v) is 7.32. The summed E-state index contributed by atoms with van der Waals surface area (Å²) < 4.78 is 0. The summed E-state index contributed by atoms with van der Waals surface area (Å²) in [4.78, 5) is 33.2. The smallest absolute Gasteiger partial charge is 0.224 e. The lowest BCUT2D eigenvalue weighted by Crippen LogP contribution is -2.49. The van der Waals surface area contributed by atoms with E-state index < -0.39 is 0 Å². The Hall–Kier alpha value is -2.93. The van der Waals surface area contributed by atoms with E-state index >= 15 is 0 Å². The van der Waals surface area contributed by atoms with Gasteiger partial charge in [-0.2, -0.15) is 0 Å². The van der Waals surface area contributed by atoms with E-state index in [1.54, 1.807) is 6.20 Å². The average molecular weight is 396 g/mol. The number of anilines is 1. The molecule has 7 heteroatoms. The first-order valence-electron chi connectivity index (χ1n) is 10.1. The lowest BCUT2D eigenvalue weighted by Gasteiger charge is -2.35. The molecule has 2 amide bonds. The predicted molar refractivity (Wildman–Crippen MR) is 113 cm³/mol. The third-order valence-electron chi connectivity index (χ3n) is 5.38. The quantitative estimate of drug-likeness (QED) is 0.743. The second-order valence-electron chi connectivity index (χ2n) is 7.32. The Bertz CT molecular complexity index is 791. The number of nitrogens with two attached hydrogens (primary N) is 1. The van der Waals surface area contributed by atoms with Crippen LogP contribution < -0.4 is 16.0 Å². The van der Waals surface area contributed by atoms with E-state index in [0.29, 0.717) is 26.1 Å². The molecule has 1 aliphatic heterocycles. The summed E-state index contributed by atoms with van der Waals surface area (Å²) in [6.45, 7) is 4.99. The molecule has 7 nitrogen and oxygen atoms in total. The van der Waals surface area contributed by atoms with Gasteiger partial charge < -0.3 is 20.9 Å². The molecule has 2 atom stereocenters. The molecule has 2 unspecified atom stereocenters. The molecule has 29 heavy (non-hydrogen) atoms. The summed E-state index contributed by atoms with van der Waals surface area (Å²) in [5.74, 6) is 0.505. The Morgan fingerprint density at radius 2 is 1.76 bits per heavy atom. The van der Waals surface area contributed by atoms with Gasteiger partial charge in [0.05, 0.1) is 5.92 Å². The average Bonchev–Trinajstić information content (AvgIpc) is 2.79. The summed E-state index contributed by atoms with van der Waals surface area (Å²) >= 11 is 0. The van der Waals surface area contributed by atoms with Crippen molar-refractivity contribution in [1.29, 1.82) is 0 Å². The molecule has 154 valence electrons. The van der Waals surface area contributed by atoms with Crippen molar-refractivity contribution in [2.24, 2.45) is 11.7 Å². The molecular formula is C22H29N5O2. The van der Waals surface area contributed by atoms with Crippen LogP contribution in [0.25, 0.3) is 0 Å². The highest BCUT2D eigenvalue weighted by Crippen LogP contribution is 2.19. The van der Waals surface area contributed by atoms with Crippen LogP contribution in [0.2, 0.25) is 0 Å². The third-order valence-corrected chi connectivity index (χ3v) is 5.38. The van der Waals surface area contributed by atoms with Crippen LogP contribution in [-0.2, 0) is 9.59 Å². The molecule has 1 aliphatic rings. The Morgan fingerprint density at radius 1 is 1.07 bits per heavy atom. The zero-order chi connectivity index (χ0) is 20.6. The molecule has 1 aromatic carbocycles. The molecule has 0 spiro atoms. The molecule has 1 fully saturated rings. The molecule has 0 radical (unpaired) electrons. The highest BCUT2D eigenvalue weighted by Gasteiger charge is 2.24. The number of aromatic nitrogens is 1. The van der Waals surface area contributed by atoms with E-state index in [2.05, 4.69) is 15.2 Å². The number of rotatable bonds is 7. The fourth-order valence-electron chi connectivity index (χ4n) is 3.46. The second kappa shape index (κ2) is 10.0. The van der Waals surface area contributed by atoms with Crippen molar-refractivity contribution in [2.75, 3.05) is 37.6 Å². The molecule has 3 N–H and O–H groups in total. The van der Waals surface area contributed by atoms with E-state index in [0.717, 1.165) is 24.5 Å². The number of pyridine rings is 1. The summed E-state index contributed by atoms with van der Waals surface area (Å²) in [7, 11) is 0. The Morgan fingerprint density at radius 3 is 2.41 bits per heavy atom. The van der Waals surface area contributed by atoms with Gasteiger partial charge >= 0.3 is 0 Å². The minimum absolute atomic E-state index is 0.0611. The van der Waals surface area contributed by atoms with Gasteiger partial charge in [-0.25, -0.2) is 4.98 Å². The maximum absolute atomic E-state index is 12.5. The van der Waals surface area contributed by atoms with Crippen molar-refractivity contribution < 1.29 is 9.59 Å². The fraction of sp³-hybridized carbons (Fsp3) is 0.409. The van der Waals surface area contributed by atoms with Crippen LogP contribution in [-0.4, -0.2) is 54.4 Å². The van der Waals surface area contributed by atoms with Crippen LogP contribution in [0.4, 0.5) is 5.82 Å². The maximum Gasteiger partial charge on any atom is 0.224 e. The van der Waals surface area contributed by atoms with Gasteiger partial charge in [0.2, 0.25) is 11.8 Å². The van der Waals surface area contributed by atoms with Crippen molar-refractivity contribution in [3.05, 3.63) is 60.3 Å².